The summed E-state index contributed by atoms with van der Waals surface area (Å²) in [6.45, 7) is 1.27. The summed E-state index contributed by atoms with van der Waals surface area (Å²) in [6, 6.07) is 0. The molecule has 0 amide bonds. The fourth-order valence-electron chi connectivity index (χ4n) is 0.232. The van der Waals surface area contributed by atoms with E-state index >= 15 is 0 Å². The Morgan fingerprint density at radius 2 is 1.90 bits per heavy atom. The van der Waals surface area contributed by atoms with Gasteiger partial charge >= 0.3 is 11.9 Å². The van der Waals surface area contributed by atoms with Crippen LogP contribution in [0.5, 0.6) is 0 Å². The molecule has 0 saturated carbocycles. The second kappa shape index (κ2) is 3.48. The molecule has 4 heteroatoms. The van der Waals surface area contributed by atoms with Gasteiger partial charge in [-0.3, -0.25) is 0 Å². The van der Waals surface area contributed by atoms with Crippen LogP contribution < -0.4 is 0 Å². The quantitative estimate of drug-likeness (QED) is 0.428. The van der Waals surface area contributed by atoms with E-state index in [1.54, 1.807) is 0 Å². The van der Waals surface area contributed by atoms with E-state index < -0.39 is 11.9 Å². The predicted molar refractivity (Wildman–Crippen MR) is 32.5 cm³/mol. The van der Waals surface area contributed by atoms with Crippen molar-refractivity contribution < 1.29 is 19.8 Å². The van der Waals surface area contributed by atoms with Crippen LogP contribution in [0, 0.1) is 0 Å². The molecule has 0 aliphatic heterocycles. The summed E-state index contributed by atoms with van der Waals surface area (Å²) in [4.78, 5) is 19.8. The number of aliphatic carboxylic acids is 2. The van der Waals surface area contributed by atoms with E-state index in [2.05, 4.69) is 5.73 Å². The normalized spacial score (nSPS) is 7.70. The molecule has 0 aromatic rings. The summed E-state index contributed by atoms with van der Waals surface area (Å²) in [5.74, 6) is -2.38. The summed E-state index contributed by atoms with van der Waals surface area (Å²) in [7, 11) is 0. The fourth-order valence-corrected chi connectivity index (χ4v) is 0.232. The van der Waals surface area contributed by atoms with Gasteiger partial charge in [-0.2, -0.15) is 0 Å². The van der Waals surface area contributed by atoms with Gasteiger partial charge in [-0.05, 0) is 6.92 Å². The Kier molecular flexibility index (Phi) is 2.94. The van der Waals surface area contributed by atoms with Gasteiger partial charge in [0, 0.05) is 0 Å². The molecule has 2 N–H and O–H groups in total. The minimum atomic E-state index is -1.21. The average molecular weight is 142 g/mol. The van der Waals surface area contributed by atoms with Crippen molar-refractivity contribution in [1.82, 2.24) is 0 Å². The Bertz CT molecular complexity index is 220. The van der Waals surface area contributed by atoms with Gasteiger partial charge in [0.05, 0.1) is 11.6 Å². The lowest BCUT2D eigenvalue weighted by Gasteiger charge is -1.82. The summed E-state index contributed by atoms with van der Waals surface area (Å²) < 4.78 is 0. The first-order valence-electron chi connectivity index (χ1n) is 2.43. The molecule has 0 atom stereocenters. The van der Waals surface area contributed by atoms with Crippen molar-refractivity contribution in [2.24, 2.45) is 0 Å². The molecule has 0 aromatic heterocycles. The van der Waals surface area contributed by atoms with E-state index in [1.807, 2.05) is 0 Å². The van der Waals surface area contributed by atoms with Crippen LogP contribution >= 0.6 is 0 Å². The molecule has 0 unspecified atom stereocenters. The highest BCUT2D eigenvalue weighted by molar-refractivity contribution is 5.87. The fraction of sp³-hybridized carbons (Fsp3) is 0.167. The zero-order valence-electron chi connectivity index (χ0n) is 5.29. The van der Waals surface area contributed by atoms with Gasteiger partial charge in [0.2, 0.25) is 0 Å². The van der Waals surface area contributed by atoms with Gasteiger partial charge < -0.3 is 10.2 Å². The molecule has 0 bridgehead atoms. The molecule has 0 aliphatic carbocycles. The Balaban J connectivity index is 4.44. The zero-order valence-corrected chi connectivity index (χ0v) is 5.29. The highest BCUT2D eigenvalue weighted by atomic mass is 16.4. The molecule has 10 heavy (non-hydrogen) atoms. The van der Waals surface area contributed by atoms with Crippen LogP contribution in [0.4, 0.5) is 0 Å². The van der Waals surface area contributed by atoms with Crippen LogP contribution in [0.1, 0.15) is 6.92 Å². The third-order valence-electron chi connectivity index (χ3n) is 0.733. The largest absolute Gasteiger partial charge is 0.478 e. The van der Waals surface area contributed by atoms with Crippen molar-refractivity contribution >= 4 is 11.9 Å². The van der Waals surface area contributed by atoms with Gasteiger partial charge in [-0.25, -0.2) is 9.59 Å². The summed E-state index contributed by atoms with van der Waals surface area (Å²) in [5, 5.41) is 16.2. The van der Waals surface area contributed by atoms with Gasteiger partial charge in [0.15, 0.2) is 0 Å². The first-order chi connectivity index (χ1) is 4.54. The Morgan fingerprint density at radius 1 is 1.40 bits per heavy atom. The van der Waals surface area contributed by atoms with E-state index in [0.717, 1.165) is 0 Å². The van der Waals surface area contributed by atoms with Crippen molar-refractivity contribution in [1.29, 1.82) is 0 Å². The second-order valence-corrected chi connectivity index (χ2v) is 1.56. The van der Waals surface area contributed by atoms with E-state index in [4.69, 9.17) is 10.2 Å². The molecular weight excluding hydrogens is 136 g/mol. The summed E-state index contributed by atoms with van der Waals surface area (Å²) >= 11 is 0. The molecule has 54 valence electrons. The smallest absolute Gasteiger partial charge is 0.339 e. The van der Waals surface area contributed by atoms with E-state index in [1.165, 1.54) is 6.92 Å². The third kappa shape index (κ3) is 3.46. The van der Waals surface area contributed by atoms with Gasteiger partial charge in [-0.1, -0.05) is 0 Å². The van der Waals surface area contributed by atoms with Crippen molar-refractivity contribution in [2.45, 2.75) is 6.92 Å². The maximum absolute atomic E-state index is 10.00. The Hall–Kier alpha value is -1.54. The monoisotopic (exact) mass is 142 g/mol. The maximum atomic E-state index is 10.00. The maximum Gasteiger partial charge on any atom is 0.339 e. The Morgan fingerprint density at radius 3 is 2.20 bits per heavy atom. The molecule has 0 rings (SSSR count). The van der Waals surface area contributed by atoms with Gasteiger partial charge in [0.1, 0.15) is 0 Å². The number of rotatable bonds is 2. The van der Waals surface area contributed by atoms with Crippen LogP contribution in [-0.2, 0) is 9.59 Å². The van der Waals surface area contributed by atoms with Crippen LogP contribution in [-0.4, -0.2) is 22.2 Å². The lowest BCUT2D eigenvalue weighted by Crippen LogP contribution is -1.94. The predicted octanol–water partition coefficient (Wildman–Crippen LogP) is 0.257. The molecule has 0 spiro atoms. The first-order valence-corrected chi connectivity index (χ1v) is 2.43. The van der Waals surface area contributed by atoms with Crippen molar-refractivity contribution in [3.8, 4) is 0 Å². The molecule has 0 saturated heterocycles. The van der Waals surface area contributed by atoms with Gasteiger partial charge in [0.25, 0.3) is 0 Å². The van der Waals surface area contributed by atoms with E-state index in [-0.39, 0.29) is 5.57 Å². The first kappa shape index (κ1) is 8.46. The van der Waals surface area contributed by atoms with E-state index in [0.29, 0.717) is 6.08 Å². The summed E-state index contributed by atoms with van der Waals surface area (Å²) in [6.07, 6.45) is 0.656. The molecule has 0 aromatic carbocycles. The minimum absolute atomic E-state index is 0.123. The molecule has 0 heterocycles. The average Bonchev–Trinajstić information content (AvgIpc) is 1.82. The lowest BCUT2D eigenvalue weighted by atomic mass is 10.3. The van der Waals surface area contributed by atoms with Crippen molar-refractivity contribution in [3.63, 3.8) is 0 Å². The van der Waals surface area contributed by atoms with E-state index in [9.17, 15) is 9.59 Å². The molecule has 0 aliphatic rings. The zero-order chi connectivity index (χ0) is 8.15. The molecular formula is C6H6O4. The molecule has 0 fully saturated rings. The number of hydrogen-bond donors (Lipinski definition) is 2. The summed E-state index contributed by atoms with van der Waals surface area (Å²) in [5.41, 5.74) is 1.95. The second-order valence-electron chi connectivity index (χ2n) is 1.56. The van der Waals surface area contributed by atoms with Crippen LogP contribution in [0.3, 0.4) is 0 Å². The number of carbonyl (C=O) groups is 2. The van der Waals surface area contributed by atoms with Gasteiger partial charge in [-0.15, -0.1) is 5.73 Å². The molecule has 0 radical (unpaired) electrons. The molecule has 4 nitrogen and oxygen atoms in total. The van der Waals surface area contributed by atoms with Crippen molar-refractivity contribution in [2.75, 3.05) is 0 Å². The SMILES string of the molecule is CC(=C=CC(=O)O)C(=O)O. The topological polar surface area (TPSA) is 74.6 Å². The van der Waals surface area contributed by atoms with Crippen LogP contribution in [0.25, 0.3) is 0 Å². The van der Waals surface area contributed by atoms with Crippen LogP contribution in [0.2, 0.25) is 0 Å². The Labute approximate surface area is 57.1 Å². The standard InChI is InChI=1S/C6H6O4/c1-4(6(9)10)2-3-5(7)8/h3H,1H3,(H,7,8)(H,9,10). The lowest BCUT2D eigenvalue weighted by molar-refractivity contribution is -0.132. The number of hydrogen-bond acceptors (Lipinski definition) is 2. The minimum Gasteiger partial charge on any atom is -0.478 e. The highest BCUT2D eigenvalue weighted by Crippen LogP contribution is 1.86. The third-order valence-corrected chi connectivity index (χ3v) is 0.733. The highest BCUT2D eigenvalue weighted by Gasteiger charge is 1.95. The number of carboxylic acid groups (broad SMARTS) is 2. The van der Waals surface area contributed by atoms with Crippen LogP contribution in [0.15, 0.2) is 17.4 Å². The van der Waals surface area contributed by atoms with Crippen molar-refractivity contribution in [3.05, 3.63) is 17.4 Å². The number of carboxylic acids is 2.